The lowest BCUT2D eigenvalue weighted by Gasteiger charge is -2.17. The van der Waals surface area contributed by atoms with E-state index in [1.165, 1.54) is 38.8 Å². The average Bonchev–Trinajstić information content (AvgIpc) is 2.82. The first-order valence-electron chi connectivity index (χ1n) is 12.3. The van der Waals surface area contributed by atoms with Gasteiger partial charge in [0.1, 0.15) is 6.04 Å². The minimum Gasteiger partial charge on any atom is -0.480 e. The Morgan fingerprint density at radius 1 is 0.971 bits per heavy atom. The van der Waals surface area contributed by atoms with Gasteiger partial charge in [-0.25, -0.2) is 4.79 Å². The third-order valence-corrected chi connectivity index (χ3v) is 6.13. The van der Waals surface area contributed by atoms with Crippen molar-refractivity contribution in [3.05, 3.63) is 59.2 Å². The highest BCUT2D eigenvalue weighted by Crippen LogP contribution is 2.28. The molecule has 2 aromatic rings. The molecule has 0 fully saturated rings. The second-order valence-corrected chi connectivity index (χ2v) is 9.45. The first kappa shape index (κ1) is 29.7. The first-order chi connectivity index (χ1) is 16.3. The average molecular weight is 487 g/mol. The van der Waals surface area contributed by atoms with Crippen LogP contribution in [0, 0.1) is 13.8 Å². The summed E-state index contributed by atoms with van der Waals surface area (Å²) in [6.45, 7) is 10.8. The van der Waals surface area contributed by atoms with E-state index in [0.717, 1.165) is 22.3 Å². The Morgan fingerprint density at radius 3 is 2.18 bits per heavy atom. The Kier molecular flexibility index (Phi) is 15.0. The van der Waals surface area contributed by atoms with Gasteiger partial charge in [0.15, 0.2) is 0 Å². The molecule has 3 N–H and O–H groups in total. The molecule has 2 rings (SSSR count). The first-order valence-corrected chi connectivity index (χ1v) is 13.6. The molecule has 0 saturated carbocycles. The molecule has 5 nitrogen and oxygen atoms in total. The Labute approximate surface area is 210 Å². The van der Waals surface area contributed by atoms with Crippen molar-refractivity contribution in [2.75, 3.05) is 25.1 Å². The molecule has 6 heteroatoms. The number of aryl methyl sites for hydroxylation is 2. The number of rotatable bonds is 13. The summed E-state index contributed by atoms with van der Waals surface area (Å²) in [7, 11) is 0. The zero-order valence-electron chi connectivity index (χ0n) is 21.4. The second kappa shape index (κ2) is 17.2. The monoisotopic (exact) mass is 486 g/mol. The van der Waals surface area contributed by atoms with Crippen LogP contribution in [0.1, 0.15) is 67.4 Å². The van der Waals surface area contributed by atoms with Crippen LogP contribution in [0.25, 0.3) is 11.1 Å². The predicted octanol–water partition coefficient (Wildman–Crippen LogP) is 6.08. The van der Waals surface area contributed by atoms with Gasteiger partial charge in [0.25, 0.3) is 5.91 Å². The van der Waals surface area contributed by atoms with Crippen LogP contribution in [0.2, 0.25) is 0 Å². The lowest BCUT2D eigenvalue weighted by molar-refractivity contribution is -0.139. The van der Waals surface area contributed by atoms with Gasteiger partial charge in [-0.3, -0.25) is 4.79 Å². The number of hydrogen-bond acceptors (Lipinski definition) is 4. The molecule has 0 radical (unpaired) electrons. The number of unbranched alkanes of at least 4 members (excludes halogenated alkanes) is 2. The van der Waals surface area contributed by atoms with Gasteiger partial charge < -0.3 is 15.7 Å². The quantitative estimate of drug-likeness (QED) is 0.299. The van der Waals surface area contributed by atoms with Gasteiger partial charge in [-0.15, -0.1) is 0 Å². The molecular weight excluding hydrogens is 444 g/mol. The molecule has 0 spiro atoms. The summed E-state index contributed by atoms with van der Waals surface area (Å²) in [6, 6.07) is 12.6. The van der Waals surface area contributed by atoms with Gasteiger partial charge in [0, 0.05) is 5.56 Å². The van der Waals surface area contributed by atoms with Crippen molar-refractivity contribution in [3.63, 3.8) is 0 Å². The summed E-state index contributed by atoms with van der Waals surface area (Å²) >= 11 is 1.56. The molecule has 0 saturated heterocycles. The summed E-state index contributed by atoms with van der Waals surface area (Å²) < 4.78 is 0. The highest BCUT2D eigenvalue weighted by molar-refractivity contribution is 7.98. The summed E-state index contributed by atoms with van der Waals surface area (Å²) in [5, 5.41) is 15.4. The van der Waals surface area contributed by atoms with Crippen LogP contribution in [0.15, 0.2) is 42.5 Å². The molecule has 0 bridgehead atoms. The van der Waals surface area contributed by atoms with Crippen LogP contribution in [-0.2, 0) is 4.79 Å². The van der Waals surface area contributed by atoms with E-state index in [2.05, 4.69) is 24.5 Å². The zero-order chi connectivity index (χ0) is 25.3. The number of aliphatic carboxylic acids is 1. The number of carbonyl (C=O) groups excluding carboxylic acids is 1. The van der Waals surface area contributed by atoms with E-state index >= 15 is 0 Å². The smallest absolute Gasteiger partial charge is 0.326 e. The summed E-state index contributed by atoms with van der Waals surface area (Å²) in [4.78, 5) is 24.2. The largest absolute Gasteiger partial charge is 0.480 e. The molecule has 0 aliphatic heterocycles. The predicted molar refractivity (Wildman–Crippen MR) is 146 cm³/mol. The number of carboxylic acid groups (broad SMARTS) is 1. The number of nitrogens with one attached hydrogen (secondary N) is 2. The fourth-order valence-corrected chi connectivity index (χ4v) is 3.88. The lowest BCUT2D eigenvalue weighted by atomic mass is 9.94. The lowest BCUT2D eigenvalue weighted by Crippen LogP contribution is -2.41. The fourth-order valence-electron chi connectivity index (χ4n) is 3.41. The van der Waals surface area contributed by atoms with Crippen molar-refractivity contribution in [1.82, 2.24) is 10.6 Å². The molecule has 2 aromatic carbocycles. The molecule has 0 aliphatic rings. The van der Waals surface area contributed by atoms with Gasteiger partial charge in [-0.05, 0) is 81.0 Å². The van der Waals surface area contributed by atoms with Crippen molar-refractivity contribution in [3.8, 4) is 11.1 Å². The van der Waals surface area contributed by atoms with E-state index in [0.29, 0.717) is 17.7 Å². The summed E-state index contributed by atoms with van der Waals surface area (Å²) in [5.41, 5.74) is 4.42. The van der Waals surface area contributed by atoms with Crippen molar-refractivity contribution >= 4 is 23.6 Å². The van der Waals surface area contributed by atoms with E-state index in [9.17, 15) is 14.7 Å². The van der Waals surface area contributed by atoms with E-state index in [1.54, 1.807) is 17.8 Å². The fraction of sp³-hybridized carbons (Fsp3) is 0.500. The van der Waals surface area contributed by atoms with E-state index in [-0.39, 0.29) is 5.91 Å². The highest BCUT2D eigenvalue weighted by Gasteiger charge is 2.22. The van der Waals surface area contributed by atoms with Crippen LogP contribution in [0.4, 0.5) is 0 Å². The third kappa shape index (κ3) is 10.7. The molecule has 1 unspecified atom stereocenters. The van der Waals surface area contributed by atoms with Crippen LogP contribution in [-0.4, -0.2) is 48.1 Å². The van der Waals surface area contributed by atoms with Crippen LogP contribution in [0.5, 0.6) is 0 Å². The number of hydrogen-bond donors (Lipinski definition) is 3. The standard InChI is InChI=1S/C20H23NO3S.C8H19N/c1-13-8-9-16(17(12-13)15-7-5-4-6-14(15)2)19(22)21-18(20(23)24)10-11-25-3;1-3-5-7-9-8-6-4-2/h4-9,12,18H,10-11H2,1-3H3,(H,21,22)(H,23,24);9H,3-8H2,1-2H3. The van der Waals surface area contributed by atoms with E-state index in [1.807, 2.05) is 56.5 Å². The molecule has 0 aliphatic carbocycles. The van der Waals surface area contributed by atoms with Crippen molar-refractivity contribution in [2.24, 2.45) is 0 Å². The maximum absolute atomic E-state index is 12.8. The topological polar surface area (TPSA) is 78.4 Å². The van der Waals surface area contributed by atoms with Crippen LogP contribution < -0.4 is 10.6 Å². The number of benzene rings is 2. The zero-order valence-corrected chi connectivity index (χ0v) is 22.3. The number of carbonyl (C=O) groups is 2. The minimum absolute atomic E-state index is 0.355. The minimum atomic E-state index is -1.01. The Morgan fingerprint density at radius 2 is 1.62 bits per heavy atom. The summed E-state index contributed by atoms with van der Waals surface area (Å²) in [5.74, 6) is -0.686. The van der Waals surface area contributed by atoms with Gasteiger partial charge in [0.05, 0.1) is 0 Å². The van der Waals surface area contributed by atoms with Crippen molar-refractivity contribution in [2.45, 2.75) is 65.8 Å². The summed E-state index contributed by atoms with van der Waals surface area (Å²) in [6.07, 6.45) is 7.57. The number of carboxylic acids is 1. The van der Waals surface area contributed by atoms with Crippen LogP contribution in [0.3, 0.4) is 0 Å². The second-order valence-electron chi connectivity index (χ2n) is 8.47. The third-order valence-electron chi connectivity index (χ3n) is 5.48. The molecule has 1 amide bonds. The highest BCUT2D eigenvalue weighted by atomic mass is 32.2. The Balaban J connectivity index is 0.000000546. The molecule has 34 heavy (non-hydrogen) atoms. The van der Waals surface area contributed by atoms with Gasteiger partial charge in [0.2, 0.25) is 0 Å². The van der Waals surface area contributed by atoms with Crippen molar-refractivity contribution < 1.29 is 14.7 Å². The molecule has 0 aromatic heterocycles. The van der Waals surface area contributed by atoms with Gasteiger partial charge in [-0.2, -0.15) is 11.8 Å². The maximum atomic E-state index is 12.8. The normalized spacial score (nSPS) is 11.3. The van der Waals surface area contributed by atoms with Crippen LogP contribution >= 0.6 is 11.8 Å². The molecule has 1 atom stereocenters. The molecule has 0 heterocycles. The van der Waals surface area contributed by atoms with E-state index < -0.39 is 12.0 Å². The number of amides is 1. The van der Waals surface area contributed by atoms with Gasteiger partial charge >= 0.3 is 5.97 Å². The van der Waals surface area contributed by atoms with E-state index in [4.69, 9.17) is 0 Å². The molecule has 188 valence electrons. The number of thioether (sulfide) groups is 1. The Hall–Kier alpha value is -2.31. The molecular formula is C28H42N2O3S. The van der Waals surface area contributed by atoms with Crippen molar-refractivity contribution in [1.29, 1.82) is 0 Å². The van der Waals surface area contributed by atoms with Gasteiger partial charge in [-0.1, -0.05) is 68.7 Å². The maximum Gasteiger partial charge on any atom is 0.326 e. The SMILES string of the molecule is CCCCNCCCC.CSCCC(NC(=O)c1ccc(C)cc1-c1ccccc1C)C(=O)O. The Bertz CT molecular complexity index is 880.